The number of unbranched alkanes of at least 4 members (excludes halogenated alkanes) is 1. The number of H-pyrrole nitrogens is 1. The molecule has 2 aliphatic heterocycles. The van der Waals surface area contributed by atoms with Crippen molar-refractivity contribution in [2.75, 3.05) is 42.5 Å². The smallest absolute Gasteiger partial charge is 0.352 e. The van der Waals surface area contributed by atoms with Gasteiger partial charge in [0.15, 0.2) is 5.11 Å². The number of carbonyl (C=O) groups excluding carboxylic acids is 4. The second kappa shape index (κ2) is 18.0. The number of nitrogens with zero attached hydrogens (tertiary/aromatic N) is 6. The molecule has 0 spiro atoms. The zero-order valence-corrected chi connectivity index (χ0v) is 35.2. The van der Waals surface area contributed by atoms with Crippen LogP contribution in [0.25, 0.3) is 10.8 Å². The molecule has 2 N–H and O–H groups in total. The van der Waals surface area contributed by atoms with Crippen LogP contribution in [0, 0.1) is 23.0 Å². The molecule has 0 unspecified atom stereocenters. The molecule has 0 radical (unpaired) electrons. The molecule has 1 aromatic heterocycles. The van der Waals surface area contributed by atoms with Crippen LogP contribution in [0.5, 0.6) is 0 Å². The van der Waals surface area contributed by atoms with E-state index >= 15 is 4.39 Å². The highest BCUT2D eigenvalue weighted by atomic mass is 32.1. The average Bonchev–Trinajstić information content (AvgIpc) is 3.45. The lowest BCUT2D eigenvalue weighted by Crippen LogP contribution is -2.50. The van der Waals surface area contributed by atoms with Crippen molar-refractivity contribution >= 4 is 63.1 Å². The Balaban J connectivity index is 0.881. The first-order valence-corrected chi connectivity index (χ1v) is 20.5. The SMILES string of the molecule is CC1(C)C(=O)N(c2ccc(C#N)c(C(F)(F)F)c2)C(=S)N1c1ccc(C(=O)NCCCCC(=O)N2CCN(C(=O)c3cc(Cc4n[nH]c(=O)c5ccccc45)ccc3F)CC2)c(F)c1. The minimum atomic E-state index is -4.88. The molecule has 3 heterocycles. The largest absolute Gasteiger partial charge is 0.417 e. The quantitative estimate of drug-likeness (QED) is 0.0859. The monoisotopic (exact) mass is 898 g/mol. The third kappa shape index (κ3) is 8.91. The molecule has 0 saturated carbocycles. The van der Waals surface area contributed by atoms with Crippen molar-refractivity contribution in [2.45, 2.75) is 51.2 Å². The first kappa shape index (κ1) is 45.0. The Morgan fingerprint density at radius 3 is 2.23 bits per heavy atom. The van der Waals surface area contributed by atoms with Crippen LogP contribution >= 0.6 is 12.2 Å². The third-order valence-corrected chi connectivity index (χ3v) is 11.6. The number of piperazine rings is 1. The van der Waals surface area contributed by atoms with Gasteiger partial charge in [0.1, 0.15) is 17.2 Å². The fraction of sp³-hybridized carbons (Fsp3) is 0.289. The van der Waals surface area contributed by atoms with Crippen LogP contribution < -0.4 is 20.7 Å². The predicted octanol–water partition coefficient (Wildman–Crippen LogP) is 6.48. The lowest BCUT2D eigenvalue weighted by Gasteiger charge is -2.35. The molecule has 7 rings (SSSR count). The van der Waals surface area contributed by atoms with Gasteiger partial charge in [-0.2, -0.15) is 23.5 Å². The number of hydrogen-bond donors (Lipinski definition) is 2. The van der Waals surface area contributed by atoms with Gasteiger partial charge in [-0.15, -0.1) is 0 Å². The molecule has 4 aromatic carbocycles. The highest BCUT2D eigenvalue weighted by molar-refractivity contribution is 7.81. The van der Waals surface area contributed by atoms with Crippen molar-refractivity contribution in [2.24, 2.45) is 0 Å². The first-order chi connectivity index (χ1) is 30.4. The number of rotatable bonds is 11. The van der Waals surface area contributed by atoms with Crippen molar-refractivity contribution in [1.82, 2.24) is 25.3 Å². The predicted molar refractivity (Wildman–Crippen MR) is 229 cm³/mol. The number of aromatic amines is 1. The van der Waals surface area contributed by atoms with Crippen LogP contribution in [0.1, 0.15) is 76.2 Å². The summed E-state index contributed by atoms with van der Waals surface area (Å²) in [5, 5.41) is 19.3. The number of nitrogens with one attached hydrogen (secondary N) is 2. The van der Waals surface area contributed by atoms with Gasteiger partial charge >= 0.3 is 6.18 Å². The van der Waals surface area contributed by atoms with Crippen LogP contribution in [0.4, 0.5) is 33.3 Å². The highest BCUT2D eigenvalue weighted by Gasteiger charge is 2.51. The van der Waals surface area contributed by atoms with Crippen LogP contribution in [0.15, 0.2) is 83.7 Å². The van der Waals surface area contributed by atoms with E-state index in [1.807, 2.05) is 0 Å². The summed E-state index contributed by atoms with van der Waals surface area (Å²) < 4.78 is 71.5. The summed E-state index contributed by atoms with van der Waals surface area (Å²) in [6.07, 6.45) is -3.71. The molecule has 0 bridgehead atoms. The van der Waals surface area contributed by atoms with Gasteiger partial charge in [0.2, 0.25) is 5.91 Å². The van der Waals surface area contributed by atoms with E-state index in [9.17, 15) is 46.8 Å². The molecule has 19 heteroatoms. The van der Waals surface area contributed by atoms with Gasteiger partial charge in [0.25, 0.3) is 23.3 Å². The van der Waals surface area contributed by atoms with Crippen molar-refractivity contribution in [3.63, 3.8) is 0 Å². The number of carbonyl (C=O) groups is 4. The van der Waals surface area contributed by atoms with Gasteiger partial charge in [-0.25, -0.2) is 13.9 Å². The summed E-state index contributed by atoms with van der Waals surface area (Å²) in [7, 11) is 0. The van der Waals surface area contributed by atoms with E-state index < -0.39 is 52.2 Å². The fourth-order valence-corrected chi connectivity index (χ4v) is 8.34. The lowest BCUT2D eigenvalue weighted by molar-refractivity contribution is -0.138. The molecule has 5 aromatic rings. The van der Waals surface area contributed by atoms with E-state index in [-0.39, 0.29) is 84.6 Å². The summed E-state index contributed by atoms with van der Waals surface area (Å²) in [6, 6.07) is 19.0. The Hall–Kier alpha value is -7.07. The molecule has 64 heavy (non-hydrogen) atoms. The number of thiocarbonyl (C=S) groups is 1. The van der Waals surface area contributed by atoms with Crippen molar-refractivity contribution in [3.05, 3.63) is 134 Å². The highest BCUT2D eigenvalue weighted by Crippen LogP contribution is 2.40. The van der Waals surface area contributed by atoms with Gasteiger partial charge < -0.3 is 20.0 Å². The van der Waals surface area contributed by atoms with E-state index in [0.29, 0.717) is 40.9 Å². The maximum Gasteiger partial charge on any atom is 0.417 e. The molecule has 4 amide bonds. The van der Waals surface area contributed by atoms with Gasteiger partial charge in [-0.05, 0) is 99.1 Å². The van der Waals surface area contributed by atoms with E-state index in [1.54, 1.807) is 35.2 Å². The summed E-state index contributed by atoms with van der Waals surface area (Å²) in [4.78, 5) is 70.4. The minimum Gasteiger partial charge on any atom is -0.352 e. The van der Waals surface area contributed by atoms with E-state index in [0.717, 1.165) is 17.0 Å². The topological polar surface area (TPSA) is 163 Å². The Morgan fingerprint density at radius 2 is 1.55 bits per heavy atom. The molecule has 2 aliphatic rings. The Kier molecular flexibility index (Phi) is 12.6. The van der Waals surface area contributed by atoms with E-state index in [2.05, 4.69) is 15.5 Å². The van der Waals surface area contributed by atoms with Crippen LogP contribution in [-0.4, -0.2) is 87.0 Å². The average molecular weight is 899 g/mol. The number of aromatic nitrogens is 2. The van der Waals surface area contributed by atoms with E-state index in [4.69, 9.17) is 12.2 Å². The van der Waals surface area contributed by atoms with Gasteiger partial charge in [-0.1, -0.05) is 24.3 Å². The second-order valence-electron chi connectivity index (χ2n) is 15.7. The Bertz CT molecular complexity index is 2820. The van der Waals surface area contributed by atoms with E-state index in [1.165, 1.54) is 60.0 Å². The van der Waals surface area contributed by atoms with Gasteiger partial charge in [0.05, 0.1) is 45.1 Å². The number of anilines is 2. The van der Waals surface area contributed by atoms with Gasteiger partial charge in [-0.3, -0.25) is 28.9 Å². The standard InChI is InChI=1S/C45H39F5N8O5S/c1-44(2)42(63)57(28-12-11-27(25-51)34(23-28)45(48,49)50)43(64)58(44)29-13-14-32(36(47)24-29)39(60)52-16-6-5-9-38(59)55-17-19-56(20-18-55)41(62)33-21-26(10-15-35(33)46)22-37-30-7-3-4-8-31(30)40(61)54-53-37/h3-4,7-8,10-15,21,23-24H,5-6,9,16-20,22H2,1-2H3,(H,52,60)(H,54,61). The van der Waals surface area contributed by atoms with Gasteiger partial charge in [0, 0.05) is 56.6 Å². The van der Waals surface area contributed by atoms with Crippen molar-refractivity contribution < 1.29 is 41.1 Å². The zero-order chi connectivity index (χ0) is 46.1. The molecular formula is C45H39F5N8O5S. The summed E-state index contributed by atoms with van der Waals surface area (Å²) in [5.41, 5.74) is -3.07. The fourth-order valence-electron chi connectivity index (χ4n) is 7.82. The number of alkyl halides is 3. The molecular weight excluding hydrogens is 860 g/mol. The lowest BCUT2D eigenvalue weighted by atomic mass is 10.0. The summed E-state index contributed by atoms with van der Waals surface area (Å²) in [6.45, 7) is 3.90. The molecule has 330 valence electrons. The number of fused-ring (bicyclic) bond motifs is 1. The summed E-state index contributed by atoms with van der Waals surface area (Å²) in [5.74, 6) is -3.74. The maximum atomic E-state index is 15.5. The van der Waals surface area contributed by atoms with Crippen molar-refractivity contribution in [3.8, 4) is 6.07 Å². The van der Waals surface area contributed by atoms with Crippen molar-refractivity contribution in [1.29, 1.82) is 5.26 Å². The Morgan fingerprint density at radius 1 is 0.859 bits per heavy atom. The van der Waals surface area contributed by atoms with Crippen LogP contribution in [0.2, 0.25) is 0 Å². The maximum absolute atomic E-state index is 15.5. The number of benzene rings is 4. The number of amides is 4. The number of hydrogen-bond acceptors (Lipinski definition) is 8. The molecule has 2 saturated heterocycles. The third-order valence-electron chi connectivity index (χ3n) is 11.2. The summed E-state index contributed by atoms with van der Waals surface area (Å²) >= 11 is 5.51. The molecule has 13 nitrogen and oxygen atoms in total. The number of nitriles is 1. The molecule has 2 fully saturated rings. The minimum absolute atomic E-state index is 0.0700. The first-order valence-electron chi connectivity index (χ1n) is 20.1. The normalized spacial score (nSPS) is 15.2. The number of halogens is 5. The zero-order valence-electron chi connectivity index (χ0n) is 34.4. The molecule has 0 atom stereocenters. The Labute approximate surface area is 368 Å². The van der Waals surface area contributed by atoms with Crippen LogP contribution in [0.3, 0.4) is 0 Å². The second-order valence-corrected chi connectivity index (χ2v) is 16.1. The van der Waals surface area contributed by atoms with Crippen LogP contribution in [-0.2, 0) is 22.2 Å². The molecule has 0 aliphatic carbocycles.